The molecule has 2 aromatic heterocycles. The van der Waals surface area contributed by atoms with E-state index in [1.807, 2.05) is 6.07 Å². The van der Waals surface area contributed by atoms with Gasteiger partial charge >= 0.3 is 6.09 Å². The number of aromatic nitrogens is 2. The van der Waals surface area contributed by atoms with Gasteiger partial charge in [-0.3, -0.25) is 5.32 Å². The van der Waals surface area contributed by atoms with Crippen molar-refractivity contribution >= 4 is 22.9 Å². The molecule has 0 fully saturated rings. The number of amides is 1. The first kappa shape index (κ1) is 7.60. The molecule has 2 heterocycles. The Labute approximate surface area is 73.4 Å². The summed E-state index contributed by atoms with van der Waals surface area (Å²) >= 11 is 0. The van der Waals surface area contributed by atoms with Crippen LogP contribution in [0.2, 0.25) is 0 Å². The molecule has 0 spiro atoms. The molecule has 1 amide bonds. The van der Waals surface area contributed by atoms with Crippen LogP contribution in [0.25, 0.3) is 11.0 Å². The van der Waals surface area contributed by atoms with Crippen LogP contribution in [0.3, 0.4) is 0 Å². The topological polar surface area (TPSA) is 78.0 Å². The highest BCUT2D eigenvalue weighted by Crippen LogP contribution is 2.12. The number of H-pyrrole nitrogens is 1. The van der Waals surface area contributed by atoms with Crippen LogP contribution in [0.1, 0.15) is 0 Å². The predicted octanol–water partition coefficient (Wildman–Crippen LogP) is 1.65. The summed E-state index contributed by atoms with van der Waals surface area (Å²) in [5.74, 6) is 0.322. The van der Waals surface area contributed by atoms with E-state index in [9.17, 15) is 4.79 Å². The average Bonchev–Trinajstić information content (AvgIpc) is 2.49. The van der Waals surface area contributed by atoms with E-state index in [1.165, 1.54) is 0 Å². The summed E-state index contributed by atoms with van der Waals surface area (Å²) in [5.41, 5.74) is 0.672. The maximum atomic E-state index is 10.3. The van der Waals surface area contributed by atoms with Crippen molar-refractivity contribution in [3.8, 4) is 0 Å². The van der Waals surface area contributed by atoms with Crippen LogP contribution in [0.4, 0.5) is 10.6 Å². The second kappa shape index (κ2) is 2.78. The third kappa shape index (κ3) is 1.44. The molecule has 3 N–H and O–H groups in total. The van der Waals surface area contributed by atoms with Gasteiger partial charge in [0.25, 0.3) is 0 Å². The first-order chi connectivity index (χ1) is 6.25. The van der Waals surface area contributed by atoms with E-state index in [0.717, 1.165) is 5.39 Å². The second-order valence-corrected chi connectivity index (χ2v) is 2.54. The summed E-state index contributed by atoms with van der Waals surface area (Å²) in [7, 11) is 0. The van der Waals surface area contributed by atoms with Gasteiger partial charge in [0.05, 0.1) is 0 Å². The van der Waals surface area contributed by atoms with Gasteiger partial charge < -0.3 is 10.1 Å². The molecule has 0 saturated heterocycles. The molecule has 0 aliphatic carbocycles. The van der Waals surface area contributed by atoms with E-state index in [2.05, 4.69) is 15.3 Å². The van der Waals surface area contributed by atoms with Gasteiger partial charge in [-0.25, -0.2) is 9.78 Å². The van der Waals surface area contributed by atoms with Gasteiger partial charge in [0.15, 0.2) is 0 Å². The minimum Gasteiger partial charge on any atom is -0.465 e. The average molecular weight is 177 g/mol. The van der Waals surface area contributed by atoms with Crippen molar-refractivity contribution in [3.05, 3.63) is 24.4 Å². The lowest BCUT2D eigenvalue weighted by atomic mass is 10.3. The molecule has 0 radical (unpaired) electrons. The lowest BCUT2D eigenvalue weighted by Crippen LogP contribution is -2.08. The Morgan fingerprint density at radius 1 is 1.46 bits per heavy atom. The molecule has 0 unspecified atom stereocenters. The largest absolute Gasteiger partial charge is 0.465 e. The van der Waals surface area contributed by atoms with Gasteiger partial charge in [-0.15, -0.1) is 0 Å². The first-order valence-electron chi connectivity index (χ1n) is 3.70. The quantitative estimate of drug-likeness (QED) is 0.619. The number of rotatable bonds is 1. The molecule has 0 saturated carbocycles. The summed E-state index contributed by atoms with van der Waals surface area (Å²) in [6, 6.07) is 5.28. The van der Waals surface area contributed by atoms with Gasteiger partial charge in [-0.1, -0.05) is 0 Å². The van der Waals surface area contributed by atoms with Crippen LogP contribution in [0, 0.1) is 0 Å². The van der Waals surface area contributed by atoms with Crippen LogP contribution < -0.4 is 5.32 Å². The van der Waals surface area contributed by atoms with Crippen LogP contribution >= 0.6 is 0 Å². The van der Waals surface area contributed by atoms with Crippen molar-refractivity contribution < 1.29 is 9.90 Å². The minimum absolute atomic E-state index is 0.322. The lowest BCUT2D eigenvalue weighted by Gasteiger charge is -1.98. The lowest BCUT2D eigenvalue weighted by molar-refractivity contribution is 0.209. The van der Waals surface area contributed by atoms with Crippen LogP contribution in [-0.2, 0) is 0 Å². The zero-order chi connectivity index (χ0) is 9.26. The van der Waals surface area contributed by atoms with Gasteiger partial charge in [0, 0.05) is 11.6 Å². The Morgan fingerprint density at radius 3 is 3.08 bits per heavy atom. The van der Waals surface area contributed by atoms with Crippen LogP contribution in [0.15, 0.2) is 24.4 Å². The molecular weight excluding hydrogens is 170 g/mol. The molecule has 5 nitrogen and oxygen atoms in total. The zero-order valence-electron chi connectivity index (χ0n) is 6.61. The summed E-state index contributed by atoms with van der Waals surface area (Å²) in [5, 5.41) is 11.6. The molecule has 0 bridgehead atoms. The molecule has 2 rings (SSSR count). The summed E-state index contributed by atoms with van der Waals surface area (Å²) in [6.07, 6.45) is 0.640. The van der Waals surface area contributed by atoms with Crippen molar-refractivity contribution in [1.82, 2.24) is 9.97 Å². The number of nitrogens with one attached hydrogen (secondary N) is 2. The second-order valence-electron chi connectivity index (χ2n) is 2.54. The third-order valence-corrected chi connectivity index (χ3v) is 1.64. The van der Waals surface area contributed by atoms with Crippen molar-refractivity contribution in [2.45, 2.75) is 0 Å². The molecule has 5 heteroatoms. The van der Waals surface area contributed by atoms with Crippen molar-refractivity contribution in [3.63, 3.8) is 0 Å². The van der Waals surface area contributed by atoms with Crippen molar-refractivity contribution in [1.29, 1.82) is 0 Å². The van der Waals surface area contributed by atoms with Gasteiger partial charge in [0.2, 0.25) is 0 Å². The molecular formula is C8H7N3O2. The Balaban J connectivity index is 2.42. The highest BCUT2D eigenvalue weighted by molar-refractivity contribution is 5.84. The number of anilines is 1. The Bertz CT molecular complexity index is 449. The van der Waals surface area contributed by atoms with Crippen LogP contribution in [-0.4, -0.2) is 21.2 Å². The van der Waals surface area contributed by atoms with Gasteiger partial charge in [-0.2, -0.15) is 0 Å². The molecule has 2 aromatic rings. The maximum Gasteiger partial charge on any atom is 0.410 e. The van der Waals surface area contributed by atoms with E-state index in [0.29, 0.717) is 11.5 Å². The van der Waals surface area contributed by atoms with Crippen LogP contribution in [0.5, 0.6) is 0 Å². The fourth-order valence-electron chi connectivity index (χ4n) is 1.11. The maximum absolute atomic E-state index is 10.3. The van der Waals surface area contributed by atoms with E-state index in [1.54, 1.807) is 18.3 Å². The Morgan fingerprint density at radius 2 is 2.31 bits per heavy atom. The predicted molar refractivity (Wildman–Crippen MR) is 47.7 cm³/mol. The molecule has 0 aromatic carbocycles. The monoisotopic (exact) mass is 177 g/mol. The normalized spacial score (nSPS) is 10.2. The molecule has 13 heavy (non-hydrogen) atoms. The number of nitrogens with zero attached hydrogens (tertiary/aromatic N) is 1. The third-order valence-electron chi connectivity index (χ3n) is 1.64. The number of carboxylic acid groups (broad SMARTS) is 1. The molecule has 0 atom stereocenters. The fourth-order valence-corrected chi connectivity index (χ4v) is 1.11. The van der Waals surface area contributed by atoms with Crippen molar-refractivity contribution in [2.24, 2.45) is 0 Å². The minimum atomic E-state index is -1.11. The Kier molecular flexibility index (Phi) is 1.63. The van der Waals surface area contributed by atoms with E-state index < -0.39 is 6.09 Å². The highest BCUT2D eigenvalue weighted by Gasteiger charge is 2.00. The number of fused-ring (bicyclic) bond motifs is 1. The van der Waals surface area contributed by atoms with Gasteiger partial charge in [-0.05, 0) is 18.2 Å². The van der Waals surface area contributed by atoms with E-state index in [-0.39, 0.29) is 0 Å². The molecule has 0 aliphatic rings. The first-order valence-corrected chi connectivity index (χ1v) is 3.70. The molecule has 66 valence electrons. The van der Waals surface area contributed by atoms with E-state index in [4.69, 9.17) is 5.11 Å². The molecule has 0 aliphatic heterocycles. The number of hydrogen-bond donors (Lipinski definition) is 3. The smallest absolute Gasteiger partial charge is 0.410 e. The number of aromatic amines is 1. The number of carbonyl (C=O) groups is 1. The standard InChI is InChI=1S/C8H7N3O2/c12-8(13)11-6-2-1-5-3-4-9-7(5)10-6/h1-4H,(H,12,13)(H2,9,10,11). The summed E-state index contributed by atoms with van der Waals surface area (Å²) in [6.45, 7) is 0. The summed E-state index contributed by atoms with van der Waals surface area (Å²) in [4.78, 5) is 17.2. The van der Waals surface area contributed by atoms with E-state index >= 15 is 0 Å². The number of pyridine rings is 1. The number of hydrogen-bond acceptors (Lipinski definition) is 2. The SMILES string of the molecule is O=C(O)Nc1ccc2cc[nH]c2n1. The van der Waals surface area contributed by atoms with Crippen molar-refractivity contribution in [2.75, 3.05) is 5.32 Å². The summed E-state index contributed by atoms with van der Waals surface area (Å²) < 4.78 is 0. The van der Waals surface area contributed by atoms with Gasteiger partial charge in [0.1, 0.15) is 11.5 Å². The Hall–Kier alpha value is -2.04. The zero-order valence-corrected chi connectivity index (χ0v) is 6.61. The fraction of sp³-hybridized carbons (Fsp3) is 0. The highest BCUT2D eigenvalue weighted by atomic mass is 16.4.